The first-order valence-corrected chi connectivity index (χ1v) is 5.24. The van der Waals surface area contributed by atoms with Crippen molar-refractivity contribution in [2.45, 2.75) is 52.6 Å². The molecule has 1 rings (SSSR count). The molecular formula is C11H20O2. The summed E-state index contributed by atoms with van der Waals surface area (Å²) in [5, 5.41) is 0. The summed E-state index contributed by atoms with van der Waals surface area (Å²) >= 11 is 0. The Labute approximate surface area is 80.7 Å². The molecule has 0 saturated heterocycles. The molecule has 0 aromatic carbocycles. The Morgan fingerprint density at radius 1 is 1.46 bits per heavy atom. The van der Waals surface area contributed by atoms with Crippen LogP contribution in [-0.2, 0) is 9.53 Å². The van der Waals surface area contributed by atoms with E-state index in [1.54, 1.807) is 0 Å². The molecule has 0 bridgehead atoms. The third kappa shape index (κ3) is 2.31. The van der Waals surface area contributed by atoms with E-state index in [1.165, 1.54) is 12.8 Å². The molecule has 2 nitrogen and oxygen atoms in total. The molecule has 0 heterocycles. The predicted octanol–water partition coefficient (Wildman–Crippen LogP) is 2.56. The zero-order valence-corrected chi connectivity index (χ0v) is 8.93. The van der Waals surface area contributed by atoms with E-state index in [4.69, 9.17) is 4.74 Å². The lowest BCUT2D eigenvalue weighted by Crippen LogP contribution is -2.51. The molecule has 1 saturated carbocycles. The molecular weight excluding hydrogens is 164 g/mol. The molecule has 76 valence electrons. The second kappa shape index (κ2) is 4.23. The van der Waals surface area contributed by atoms with Crippen LogP contribution in [0.5, 0.6) is 0 Å². The average Bonchev–Trinajstić information content (AvgIpc) is 2.10. The topological polar surface area (TPSA) is 26.3 Å². The van der Waals surface area contributed by atoms with Gasteiger partial charge in [0.2, 0.25) is 0 Å². The van der Waals surface area contributed by atoms with Crippen molar-refractivity contribution in [3.8, 4) is 0 Å². The molecule has 1 atom stereocenters. The highest BCUT2D eigenvalue weighted by Crippen LogP contribution is 2.38. The van der Waals surface area contributed by atoms with Crippen LogP contribution in [0.4, 0.5) is 0 Å². The molecule has 13 heavy (non-hydrogen) atoms. The van der Waals surface area contributed by atoms with Gasteiger partial charge in [0.15, 0.2) is 0 Å². The second-order valence-corrected chi connectivity index (χ2v) is 4.42. The van der Waals surface area contributed by atoms with Gasteiger partial charge in [0, 0.05) is 13.0 Å². The molecule has 0 spiro atoms. The number of ether oxygens (including phenoxy) is 1. The minimum Gasteiger partial charge on any atom is -0.377 e. The summed E-state index contributed by atoms with van der Waals surface area (Å²) in [5.74, 6) is 0.341. The monoisotopic (exact) mass is 184 g/mol. The van der Waals surface area contributed by atoms with Gasteiger partial charge < -0.3 is 4.74 Å². The highest BCUT2D eigenvalue weighted by Gasteiger charge is 2.47. The smallest absolute Gasteiger partial charge is 0.143 e. The van der Waals surface area contributed by atoms with Crippen LogP contribution >= 0.6 is 0 Å². The van der Waals surface area contributed by atoms with Crippen molar-refractivity contribution in [2.75, 3.05) is 6.61 Å². The second-order valence-electron chi connectivity index (χ2n) is 4.42. The van der Waals surface area contributed by atoms with Gasteiger partial charge in [-0.15, -0.1) is 0 Å². The molecule has 0 N–H and O–H groups in total. The van der Waals surface area contributed by atoms with E-state index in [9.17, 15) is 4.79 Å². The summed E-state index contributed by atoms with van der Waals surface area (Å²) in [4.78, 5) is 11.2. The van der Waals surface area contributed by atoms with Crippen molar-refractivity contribution in [1.29, 1.82) is 0 Å². The Morgan fingerprint density at radius 2 is 2.15 bits per heavy atom. The normalized spacial score (nSPS) is 25.8. The van der Waals surface area contributed by atoms with E-state index < -0.39 is 0 Å². The van der Waals surface area contributed by atoms with Crippen LogP contribution in [0.2, 0.25) is 0 Å². The Hall–Kier alpha value is -0.370. The summed E-state index contributed by atoms with van der Waals surface area (Å²) in [7, 11) is 0. The minimum atomic E-state index is -0.216. The lowest BCUT2D eigenvalue weighted by molar-refractivity contribution is -0.158. The zero-order chi connectivity index (χ0) is 9.90. The fourth-order valence-electron chi connectivity index (χ4n) is 1.58. The molecule has 0 aliphatic heterocycles. The molecule has 0 aromatic heterocycles. The fraction of sp³-hybridized carbons (Fsp3) is 0.909. The van der Waals surface area contributed by atoms with E-state index in [0.717, 1.165) is 13.0 Å². The van der Waals surface area contributed by atoms with Crippen molar-refractivity contribution >= 4 is 5.78 Å². The number of carbonyl (C=O) groups is 1. The van der Waals surface area contributed by atoms with Crippen LogP contribution in [0, 0.1) is 5.41 Å². The van der Waals surface area contributed by atoms with Crippen LogP contribution in [-0.4, -0.2) is 18.5 Å². The fourth-order valence-corrected chi connectivity index (χ4v) is 1.58. The Morgan fingerprint density at radius 3 is 2.62 bits per heavy atom. The number of hydrogen-bond donors (Lipinski definition) is 0. The minimum absolute atomic E-state index is 0.178. The Bertz CT molecular complexity index is 185. The summed E-state index contributed by atoms with van der Waals surface area (Å²) < 4.78 is 5.64. The quantitative estimate of drug-likeness (QED) is 0.614. The maximum absolute atomic E-state index is 11.2. The maximum Gasteiger partial charge on any atom is 0.143 e. The van der Waals surface area contributed by atoms with Gasteiger partial charge in [-0.2, -0.15) is 0 Å². The number of hydrogen-bond acceptors (Lipinski definition) is 2. The predicted molar refractivity (Wildman–Crippen MR) is 52.7 cm³/mol. The lowest BCUT2D eigenvalue weighted by Gasteiger charge is -2.41. The number of Topliss-reactive ketones (excluding diaryl/α,β-unsaturated/α-hetero) is 1. The molecule has 0 radical (unpaired) electrons. The first-order chi connectivity index (χ1) is 6.09. The van der Waals surface area contributed by atoms with Crippen LogP contribution in [0.25, 0.3) is 0 Å². The highest BCUT2D eigenvalue weighted by atomic mass is 16.5. The summed E-state index contributed by atoms with van der Waals surface area (Å²) in [6, 6.07) is 0. The van der Waals surface area contributed by atoms with Gasteiger partial charge in [0.25, 0.3) is 0 Å². The third-order valence-electron chi connectivity index (χ3n) is 2.96. The van der Waals surface area contributed by atoms with Crippen molar-refractivity contribution in [3.05, 3.63) is 0 Å². The van der Waals surface area contributed by atoms with Gasteiger partial charge in [-0.05, 0) is 6.42 Å². The number of carbonyl (C=O) groups excluding carboxylic acids is 1. The van der Waals surface area contributed by atoms with Crippen LogP contribution in [0.15, 0.2) is 0 Å². The molecule has 1 aliphatic rings. The third-order valence-corrected chi connectivity index (χ3v) is 2.96. The van der Waals surface area contributed by atoms with Crippen molar-refractivity contribution in [3.63, 3.8) is 0 Å². The average molecular weight is 184 g/mol. The molecule has 0 amide bonds. The molecule has 1 aliphatic carbocycles. The molecule has 0 aromatic rings. The summed E-state index contributed by atoms with van der Waals surface area (Å²) in [6.07, 6.45) is 4.37. The van der Waals surface area contributed by atoms with Gasteiger partial charge >= 0.3 is 0 Å². The molecule has 2 heteroatoms. The van der Waals surface area contributed by atoms with E-state index in [2.05, 4.69) is 6.92 Å². The van der Waals surface area contributed by atoms with Crippen LogP contribution in [0.1, 0.15) is 46.5 Å². The van der Waals surface area contributed by atoms with Gasteiger partial charge in [0.1, 0.15) is 5.78 Å². The summed E-state index contributed by atoms with van der Waals surface area (Å²) in [5.41, 5.74) is -0.216. The maximum atomic E-state index is 11.2. The number of ketones is 1. The van der Waals surface area contributed by atoms with Gasteiger partial charge in [-0.25, -0.2) is 0 Å². The standard InChI is InChI=1S/C11H20O2/c1-4-5-6-7-13-10-8-9(12)11(10,2)3/h10H,4-8H2,1-3H3. The van der Waals surface area contributed by atoms with Gasteiger partial charge in [0.05, 0.1) is 11.5 Å². The van der Waals surface area contributed by atoms with Crippen LogP contribution < -0.4 is 0 Å². The van der Waals surface area contributed by atoms with E-state index in [-0.39, 0.29) is 11.5 Å². The van der Waals surface area contributed by atoms with Crippen molar-refractivity contribution < 1.29 is 9.53 Å². The largest absolute Gasteiger partial charge is 0.377 e. The van der Waals surface area contributed by atoms with Gasteiger partial charge in [-0.1, -0.05) is 33.6 Å². The van der Waals surface area contributed by atoms with Crippen LogP contribution in [0.3, 0.4) is 0 Å². The number of unbranched alkanes of at least 4 members (excludes halogenated alkanes) is 2. The molecule has 1 fully saturated rings. The van der Waals surface area contributed by atoms with Gasteiger partial charge in [-0.3, -0.25) is 4.79 Å². The first-order valence-electron chi connectivity index (χ1n) is 5.24. The van der Waals surface area contributed by atoms with E-state index in [0.29, 0.717) is 12.2 Å². The molecule has 1 unspecified atom stereocenters. The Kier molecular flexibility index (Phi) is 3.48. The highest BCUT2D eigenvalue weighted by molar-refractivity contribution is 5.91. The first kappa shape index (κ1) is 10.7. The van der Waals surface area contributed by atoms with E-state index in [1.807, 2.05) is 13.8 Å². The summed E-state index contributed by atoms with van der Waals surface area (Å²) in [6.45, 7) is 6.94. The Balaban J connectivity index is 2.14. The SMILES string of the molecule is CCCCCOC1CC(=O)C1(C)C. The lowest BCUT2D eigenvalue weighted by atomic mass is 9.68. The van der Waals surface area contributed by atoms with E-state index >= 15 is 0 Å². The van der Waals surface area contributed by atoms with Crippen molar-refractivity contribution in [2.24, 2.45) is 5.41 Å². The van der Waals surface area contributed by atoms with Crippen molar-refractivity contribution in [1.82, 2.24) is 0 Å². The zero-order valence-electron chi connectivity index (χ0n) is 8.93. The number of rotatable bonds is 5.